The van der Waals surface area contributed by atoms with Crippen LogP contribution in [0.15, 0.2) is 33.5 Å². The molecule has 1 aromatic carbocycles. The number of aromatic nitrogens is 4. The Morgan fingerprint density at radius 3 is 2.41 bits per heavy atom. The van der Waals surface area contributed by atoms with E-state index in [0.717, 1.165) is 17.3 Å². The van der Waals surface area contributed by atoms with E-state index in [4.69, 9.17) is 4.74 Å². The standard InChI is InChI=1S/C18H24BrN5O3/c1-18(2,3)27-17(26)22-10-8-13(9-11-22)12-23-16(25)24(21-20-23)15-6-4-14(19)5-7-15/h4-7,13H,8-12H2,1-3H3. The first-order valence-electron chi connectivity index (χ1n) is 8.99. The molecule has 1 aliphatic rings. The summed E-state index contributed by atoms with van der Waals surface area (Å²) in [5.74, 6) is 0.274. The first-order valence-corrected chi connectivity index (χ1v) is 9.79. The van der Waals surface area contributed by atoms with Crippen molar-refractivity contribution in [1.29, 1.82) is 0 Å². The van der Waals surface area contributed by atoms with E-state index < -0.39 is 5.60 Å². The lowest BCUT2D eigenvalue weighted by Crippen LogP contribution is -2.42. The van der Waals surface area contributed by atoms with Crippen LogP contribution in [0.25, 0.3) is 5.69 Å². The van der Waals surface area contributed by atoms with Crippen LogP contribution in [0, 0.1) is 5.92 Å². The summed E-state index contributed by atoms with van der Waals surface area (Å²) >= 11 is 3.37. The van der Waals surface area contributed by atoms with Gasteiger partial charge in [0.2, 0.25) is 0 Å². The first kappa shape index (κ1) is 19.6. The van der Waals surface area contributed by atoms with Crippen LogP contribution in [0.1, 0.15) is 33.6 Å². The zero-order valence-corrected chi connectivity index (χ0v) is 17.3. The SMILES string of the molecule is CC(C)(C)OC(=O)N1CCC(Cn2nnn(-c3ccc(Br)cc3)c2=O)CC1. The number of amides is 1. The van der Waals surface area contributed by atoms with Crippen molar-refractivity contribution in [1.82, 2.24) is 24.7 Å². The molecule has 0 unspecified atom stereocenters. The fourth-order valence-electron chi connectivity index (χ4n) is 3.00. The predicted molar refractivity (Wildman–Crippen MR) is 104 cm³/mol. The minimum absolute atomic E-state index is 0.258. The summed E-state index contributed by atoms with van der Waals surface area (Å²) in [7, 11) is 0. The van der Waals surface area contributed by atoms with Crippen LogP contribution in [-0.2, 0) is 11.3 Å². The zero-order valence-electron chi connectivity index (χ0n) is 15.8. The lowest BCUT2D eigenvalue weighted by Gasteiger charge is -2.33. The molecule has 0 radical (unpaired) electrons. The number of hydrogen-bond donors (Lipinski definition) is 0. The first-order chi connectivity index (χ1) is 12.7. The summed E-state index contributed by atoms with van der Waals surface area (Å²) in [5, 5.41) is 7.99. The highest BCUT2D eigenvalue weighted by Gasteiger charge is 2.27. The fraction of sp³-hybridized carbons (Fsp3) is 0.556. The van der Waals surface area contributed by atoms with Crippen LogP contribution >= 0.6 is 15.9 Å². The molecule has 3 rings (SSSR count). The Balaban J connectivity index is 1.59. The monoisotopic (exact) mass is 437 g/mol. The topological polar surface area (TPSA) is 82.2 Å². The van der Waals surface area contributed by atoms with Crippen LogP contribution < -0.4 is 5.69 Å². The number of benzene rings is 1. The van der Waals surface area contributed by atoms with Gasteiger partial charge in [0.25, 0.3) is 0 Å². The second-order valence-corrected chi connectivity index (χ2v) is 8.66. The van der Waals surface area contributed by atoms with Crippen LogP contribution in [0.4, 0.5) is 4.79 Å². The van der Waals surface area contributed by atoms with E-state index in [2.05, 4.69) is 26.4 Å². The molecule has 9 heteroatoms. The predicted octanol–water partition coefficient (Wildman–Crippen LogP) is 2.84. The molecule has 27 heavy (non-hydrogen) atoms. The van der Waals surface area contributed by atoms with Crippen molar-refractivity contribution in [2.45, 2.75) is 45.8 Å². The second-order valence-electron chi connectivity index (χ2n) is 7.74. The van der Waals surface area contributed by atoms with Gasteiger partial charge in [-0.15, -0.1) is 0 Å². The number of carbonyl (C=O) groups excluding carboxylic acids is 1. The van der Waals surface area contributed by atoms with Gasteiger partial charge < -0.3 is 9.64 Å². The third-order valence-corrected chi connectivity index (χ3v) is 4.94. The molecule has 2 aromatic rings. The van der Waals surface area contributed by atoms with Gasteiger partial charge >= 0.3 is 11.8 Å². The molecular formula is C18H24BrN5O3. The molecule has 0 spiro atoms. The third-order valence-electron chi connectivity index (χ3n) is 4.41. The number of ether oxygens (including phenoxy) is 1. The largest absolute Gasteiger partial charge is 0.444 e. The molecule has 0 N–H and O–H groups in total. The maximum Gasteiger partial charge on any atom is 0.410 e. The summed E-state index contributed by atoms with van der Waals surface area (Å²) in [6.07, 6.45) is 1.33. The number of carbonyl (C=O) groups is 1. The summed E-state index contributed by atoms with van der Waals surface area (Å²) in [4.78, 5) is 26.4. The van der Waals surface area contributed by atoms with Gasteiger partial charge in [0, 0.05) is 17.6 Å². The van der Waals surface area contributed by atoms with Gasteiger partial charge in [-0.1, -0.05) is 15.9 Å². The molecule has 1 aromatic heterocycles. The van der Waals surface area contributed by atoms with Crippen molar-refractivity contribution in [3.8, 4) is 5.69 Å². The van der Waals surface area contributed by atoms with Gasteiger partial charge in [-0.2, -0.15) is 9.36 Å². The molecule has 0 saturated carbocycles. The number of tetrazole rings is 1. The summed E-state index contributed by atoms with van der Waals surface area (Å²) < 4.78 is 9.04. The van der Waals surface area contributed by atoms with E-state index >= 15 is 0 Å². The number of nitrogens with zero attached hydrogens (tertiary/aromatic N) is 5. The molecule has 1 amide bonds. The second kappa shape index (κ2) is 7.84. The van der Waals surface area contributed by atoms with Crippen molar-refractivity contribution in [3.05, 3.63) is 39.2 Å². The van der Waals surface area contributed by atoms with E-state index in [1.807, 2.05) is 45.0 Å². The highest BCUT2D eigenvalue weighted by Crippen LogP contribution is 2.20. The van der Waals surface area contributed by atoms with E-state index in [1.165, 1.54) is 9.36 Å². The lowest BCUT2D eigenvalue weighted by atomic mass is 9.97. The Hall–Kier alpha value is -2.16. The van der Waals surface area contributed by atoms with Gasteiger partial charge in [0.15, 0.2) is 0 Å². The maximum atomic E-state index is 12.6. The van der Waals surface area contributed by atoms with E-state index in [1.54, 1.807) is 4.90 Å². The number of hydrogen-bond acceptors (Lipinski definition) is 5. The summed E-state index contributed by atoms with van der Waals surface area (Å²) in [6, 6.07) is 7.33. The lowest BCUT2D eigenvalue weighted by molar-refractivity contribution is 0.0176. The summed E-state index contributed by atoms with van der Waals surface area (Å²) in [6.45, 7) is 7.32. The fourth-order valence-corrected chi connectivity index (χ4v) is 3.27. The van der Waals surface area contributed by atoms with Gasteiger partial charge in [-0.25, -0.2) is 9.59 Å². The van der Waals surface area contributed by atoms with Gasteiger partial charge in [0.1, 0.15) is 5.60 Å². The quantitative estimate of drug-likeness (QED) is 0.736. The number of piperidine rings is 1. The number of halogens is 1. The number of likely N-dealkylation sites (tertiary alicyclic amines) is 1. The molecule has 8 nitrogen and oxygen atoms in total. The molecular weight excluding hydrogens is 414 g/mol. The minimum atomic E-state index is -0.493. The molecule has 2 heterocycles. The zero-order chi connectivity index (χ0) is 19.6. The van der Waals surface area contributed by atoms with Crippen molar-refractivity contribution in [2.75, 3.05) is 13.1 Å². The van der Waals surface area contributed by atoms with E-state index in [0.29, 0.717) is 25.3 Å². The summed E-state index contributed by atoms with van der Waals surface area (Å²) in [5.41, 5.74) is -0.0756. The van der Waals surface area contributed by atoms with Crippen LogP contribution in [-0.4, -0.2) is 49.5 Å². The average molecular weight is 438 g/mol. The Morgan fingerprint density at radius 1 is 1.19 bits per heavy atom. The van der Waals surface area contributed by atoms with Gasteiger partial charge in [-0.05, 0) is 74.2 Å². The maximum absolute atomic E-state index is 12.6. The Morgan fingerprint density at radius 2 is 1.81 bits per heavy atom. The molecule has 0 atom stereocenters. The molecule has 146 valence electrons. The van der Waals surface area contributed by atoms with Crippen molar-refractivity contribution in [3.63, 3.8) is 0 Å². The average Bonchev–Trinajstić information content (AvgIpc) is 2.95. The molecule has 1 fully saturated rings. The molecule has 1 aliphatic heterocycles. The smallest absolute Gasteiger partial charge is 0.410 e. The third kappa shape index (κ3) is 4.97. The van der Waals surface area contributed by atoms with Crippen LogP contribution in [0.5, 0.6) is 0 Å². The number of rotatable bonds is 3. The van der Waals surface area contributed by atoms with Crippen molar-refractivity contribution in [2.24, 2.45) is 5.92 Å². The highest BCUT2D eigenvalue weighted by molar-refractivity contribution is 9.10. The van der Waals surface area contributed by atoms with Crippen LogP contribution in [0.3, 0.4) is 0 Å². The van der Waals surface area contributed by atoms with E-state index in [-0.39, 0.29) is 17.7 Å². The van der Waals surface area contributed by atoms with Crippen molar-refractivity contribution >= 4 is 22.0 Å². The normalized spacial score (nSPS) is 15.8. The van der Waals surface area contributed by atoms with Gasteiger partial charge in [-0.3, -0.25) is 0 Å². The highest BCUT2D eigenvalue weighted by atomic mass is 79.9. The van der Waals surface area contributed by atoms with Crippen LogP contribution in [0.2, 0.25) is 0 Å². The Kier molecular flexibility index (Phi) is 5.69. The van der Waals surface area contributed by atoms with E-state index in [9.17, 15) is 9.59 Å². The molecule has 0 bridgehead atoms. The Labute approximate surface area is 166 Å². The molecule has 1 saturated heterocycles. The van der Waals surface area contributed by atoms with Crippen molar-refractivity contribution < 1.29 is 9.53 Å². The minimum Gasteiger partial charge on any atom is -0.444 e. The molecule has 0 aliphatic carbocycles. The van der Waals surface area contributed by atoms with Gasteiger partial charge in [0.05, 0.1) is 12.2 Å². The Bertz CT molecular complexity index is 845.